The maximum absolute atomic E-state index is 3.56. The third kappa shape index (κ3) is 3.54. The highest BCUT2D eigenvalue weighted by molar-refractivity contribution is 5.46. The molecule has 2 rings (SSSR count). The lowest BCUT2D eigenvalue weighted by Crippen LogP contribution is -2.28. The minimum absolute atomic E-state index is 0.518. The van der Waals surface area contributed by atoms with Crippen molar-refractivity contribution in [1.29, 1.82) is 0 Å². The summed E-state index contributed by atoms with van der Waals surface area (Å²) in [4.78, 5) is 2.16. The predicted octanol–water partition coefficient (Wildman–Crippen LogP) is 4.23. The second kappa shape index (κ2) is 7.12. The Bertz CT molecular complexity index is 388. The molecule has 0 saturated heterocycles. The van der Waals surface area contributed by atoms with Crippen LogP contribution in [0.4, 0.5) is 5.69 Å². The van der Waals surface area contributed by atoms with Crippen LogP contribution in [0.1, 0.15) is 50.6 Å². The van der Waals surface area contributed by atoms with E-state index in [9.17, 15) is 0 Å². The fourth-order valence-corrected chi connectivity index (χ4v) is 3.58. The molecule has 2 heteroatoms. The zero-order valence-electron chi connectivity index (χ0n) is 13.5. The van der Waals surface area contributed by atoms with Gasteiger partial charge in [-0.2, -0.15) is 0 Å². The van der Waals surface area contributed by atoms with E-state index in [4.69, 9.17) is 0 Å². The fourth-order valence-electron chi connectivity index (χ4n) is 3.58. The van der Waals surface area contributed by atoms with Gasteiger partial charge in [0.2, 0.25) is 0 Å². The predicted molar refractivity (Wildman–Crippen MR) is 88.3 cm³/mol. The van der Waals surface area contributed by atoms with Gasteiger partial charge in [-0.3, -0.25) is 0 Å². The summed E-state index contributed by atoms with van der Waals surface area (Å²) in [6.45, 7) is 2.33. The smallest absolute Gasteiger partial charge is 0.0361 e. The average Bonchev–Trinajstić information content (AvgIpc) is 2.49. The molecule has 1 N–H and O–H groups in total. The summed E-state index contributed by atoms with van der Waals surface area (Å²) in [5, 5.41) is 3.56. The number of anilines is 1. The molecule has 0 heterocycles. The summed E-state index contributed by atoms with van der Waals surface area (Å²) in [5.74, 6) is 1.77. The zero-order valence-corrected chi connectivity index (χ0v) is 13.5. The molecule has 2 nitrogen and oxygen atoms in total. The Kier molecular flexibility index (Phi) is 5.47. The largest absolute Gasteiger partial charge is 0.378 e. The molecule has 20 heavy (non-hydrogen) atoms. The molecule has 0 aromatic heterocycles. The fraction of sp³-hybridized carbons (Fsp3) is 0.667. The first kappa shape index (κ1) is 15.4. The third-order valence-corrected chi connectivity index (χ3v) is 5.02. The molecule has 112 valence electrons. The number of benzene rings is 1. The summed E-state index contributed by atoms with van der Waals surface area (Å²) in [6, 6.07) is 9.57. The Morgan fingerprint density at radius 2 is 1.70 bits per heavy atom. The van der Waals surface area contributed by atoms with Gasteiger partial charge in [0.15, 0.2) is 0 Å². The quantitative estimate of drug-likeness (QED) is 0.864. The van der Waals surface area contributed by atoms with E-state index in [1.54, 1.807) is 0 Å². The SMILES string of the molecule is CCC1CCC(C(NC)c2ccc(N(C)C)cc2)CC1. The summed E-state index contributed by atoms with van der Waals surface area (Å²) in [5.41, 5.74) is 2.72. The van der Waals surface area contributed by atoms with Crippen molar-refractivity contribution in [3.8, 4) is 0 Å². The molecule has 0 spiro atoms. The number of hydrogen-bond acceptors (Lipinski definition) is 2. The molecule has 1 aromatic rings. The molecular weight excluding hydrogens is 244 g/mol. The summed E-state index contributed by atoms with van der Waals surface area (Å²) in [6.07, 6.45) is 6.93. The van der Waals surface area contributed by atoms with Gasteiger partial charge in [-0.1, -0.05) is 38.3 Å². The highest BCUT2D eigenvalue weighted by Crippen LogP contribution is 2.38. The lowest BCUT2D eigenvalue weighted by Gasteiger charge is -2.34. The number of nitrogens with zero attached hydrogens (tertiary/aromatic N) is 1. The van der Waals surface area contributed by atoms with Crippen LogP contribution in [-0.2, 0) is 0 Å². The van der Waals surface area contributed by atoms with Crippen LogP contribution in [-0.4, -0.2) is 21.1 Å². The van der Waals surface area contributed by atoms with Crippen molar-refractivity contribution in [3.63, 3.8) is 0 Å². The van der Waals surface area contributed by atoms with Gasteiger partial charge >= 0.3 is 0 Å². The standard InChI is InChI=1S/C18H30N2/c1-5-14-6-8-15(9-7-14)18(19-2)16-10-12-17(13-11-16)20(3)4/h10-15,18-19H,5-9H2,1-4H3. The summed E-state index contributed by atoms with van der Waals surface area (Å²) in [7, 11) is 6.30. The van der Waals surface area contributed by atoms with Crippen LogP contribution in [0.5, 0.6) is 0 Å². The van der Waals surface area contributed by atoms with E-state index in [1.165, 1.54) is 43.4 Å². The van der Waals surface area contributed by atoms with Crippen molar-refractivity contribution in [1.82, 2.24) is 5.32 Å². The number of hydrogen-bond donors (Lipinski definition) is 1. The van der Waals surface area contributed by atoms with Crippen LogP contribution in [0.2, 0.25) is 0 Å². The lowest BCUT2D eigenvalue weighted by molar-refractivity contribution is 0.224. The van der Waals surface area contributed by atoms with Gasteiger partial charge in [0, 0.05) is 25.8 Å². The topological polar surface area (TPSA) is 15.3 Å². The number of nitrogens with one attached hydrogen (secondary N) is 1. The van der Waals surface area contributed by atoms with E-state index in [0.29, 0.717) is 6.04 Å². The van der Waals surface area contributed by atoms with Gasteiger partial charge in [-0.15, -0.1) is 0 Å². The molecule has 1 aliphatic carbocycles. The maximum atomic E-state index is 3.56. The van der Waals surface area contributed by atoms with Crippen LogP contribution >= 0.6 is 0 Å². The van der Waals surface area contributed by atoms with Crippen LogP contribution < -0.4 is 10.2 Å². The monoisotopic (exact) mass is 274 g/mol. The Morgan fingerprint density at radius 1 is 1.10 bits per heavy atom. The highest BCUT2D eigenvalue weighted by atomic mass is 15.1. The first-order valence-electron chi connectivity index (χ1n) is 8.10. The molecule has 1 aliphatic rings. The molecule has 1 atom stereocenters. The van der Waals surface area contributed by atoms with Crippen LogP contribution in [0.25, 0.3) is 0 Å². The van der Waals surface area contributed by atoms with Gasteiger partial charge in [0.1, 0.15) is 0 Å². The van der Waals surface area contributed by atoms with Crippen LogP contribution in [0.15, 0.2) is 24.3 Å². The van der Waals surface area contributed by atoms with Gasteiger partial charge < -0.3 is 10.2 Å². The molecular formula is C18H30N2. The molecule has 0 aliphatic heterocycles. The third-order valence-electron chi connectivity index (χ3n) is 5.02. The van der Waals surface area contributed by atoms with Gasteiger partial charge in [-0.05, 0) is 49.4 Å². The Hall–Kier alpha value is -1.02. The van der Waals surface area contributed by atoms with Crippen LogP contribution in [0.3, 0.4) is 0 Å². The molecule has 0 amide bonds. The average molecular weight is 274 g/mol. The van der Waals surface area contributed by atoms with E-state index < -0.39 is 0 Å². The summed E-state index contributed by atoms with van der Waals surface area (Å²) < 4.78 is 0. The van der Waals surface area contributed by atoms with Gasteiger partial charge in [0.25, 0.3) is 0 Å². The first-order valence-corrected chi connectivity index (χ1v) is 8.10. The molecule has 0 radical (unpaired) electrons. The second-order valence-electron chi connectivity index (χ2n) is 6.44. The Balaban J connectivity index is 2.04. The molecule has 1 saturated carbocycles. The van der Waals surface area contributed by atoms with Crippen molar-refractivity contribution in [2.75, 3.05) is 26.0 Å². The minimum Gasteiger partial charge on any atom is -0.378 e. The molecule has 1 fully saturated rings. The molecule has 1 unspecified atom stereocenters. The molecule has 1 aromatic carbocycles. The summed E-state index contributed by atoms with van der Waals surface area (Å²) >= 11 is 0. The normalized spacial score (nSPS) is 24.4. The minimum atomic E-state index is 0.518. The van der Waals surface area contributed by atoms with E-state index >= 15 is 0 Å². The van der Waals surface area contributed by atoms with Crippen molar-refractivity contribution >= 4 is 5.69 Å². The van der Waals surface area contributed by atoms with Crippen molar-refractivity contribution in [2.45, 2.75) is 45.1 Å². The first-order chi connectivity index (χ1) is 9.65. The Labute approximate surface area is 124 Å². The van der Waals surface area contributed by atoms with Crippen LogP contribution in [0, 0.1) is 11.8 Å². The zero-order chi connectivity index (χ0) is 14.5. The van der Waals surface area contributed by atoms with Crippen molar-refractivity contribution < 1.29 is 0 Å². The maximum Gasteiger partial charge on any atom is 0.0361 e. The second-order valence-corrected chi connectivity index (χ2v) is 6.44. The van der Waals surface area contributed by atoms with Crippen molar-refractivity contribution in [2.24, 2.45) is 11.8 Å². The Morgan fingerprint density at radius 3 is 2.15 bits per heavy atom. The number of rotatable bonds is 5. The van der Waals surface area contributed by atoms with E-state index in [1.807, 2.05) is 0 Å². The highest BCUT2D eigenvalue weighted by Gasteiger charge is 2.27. The lowest BCUT2D eigenvalue weighted by atomic mass is 9.76. The van der Waals surface area contributed by atoms with Gasteiger partial charge in [-0.25, -0.2) is 0 Å². The molecule has 0 bridgehead atoms. The van der Waals surface area contributed by atoms with E-state index in [-0.39, 0.29) is 0 Å². The van der Waals surface area contributed by atoms with Gasteiger partial charge in [0.05, 0.1) is 0 Å². The van der Waals surface area contributed by atoms with Crippen molar-refractivity contribution in [3.05, 3.63) is 29.8 Å². The van der Waals surface area contributed by atoms with E-state index in [0.717, 1.165) is 11.8 Å². The van der Waals surface area contributed by atoms with E-state index in [2.05, 4.69) is 62.5 Å².